The van der Waals surface area contributed by atoms with Gasteiger partial charge in [0, 0.05) is 27.7 Å². The molecule has 0 fully saturated rings. The third-order valence-electron chi connectivity index (χ3n) is 3.48. The molecule has 25 heavy (non-hydrogen) atoms. The lowest BCUT2D eigenvalue weighted by Gasteiger charge is -1.97. The highest BCUT2D eigenvalue weighted by Crippen LogP contribution is 2.26. The first-order chi connectivity index (χ1) is 12.0. The van der Waals surface area contributed by atoms with Crippen molar-refractivity contribution in [3.05, 3.63) is 92.7 Å². The number of allylic oxidation sites excluding steroid dienone is 1. The van der Waals surface area contributed by atoms with Gasteiger partial charge in [-0.3, -0.25) is 14.9 Å². The van der Waals surface area contributed by atoms with E-state index in [0.717, 1.165) is 4.47 Å². The first-order valence-electron chi connectivity index (χ1n) is 7.35. The van der Waals surface area contributed by atoms with Crippen molar-refractivity contribution in [1.29, 1.82) is 0 Å². The van der Waals surface area contributed by atoms with E-state index in [1.807, 2.05) is 6.07 Å². The summed E-state index contributed by atoms with van der Waals surface area (Å²) in [6, 6.07) is 16.7. The summed E-state index contributed by atoms with van der Waals surface area (Å²) in [5.41, 5.74) is 1.17. The van der Waals surface area contributed by atoms with E-state index in [1.54, 1.807) is 48.5 Å². The Kier molecular flexibility index (Phi) is 4.90. The van der Waals surface area contributed by atoms with Crippen LogP contribution in [0.5, 0.6) is 0 Å². The van der Waals surface area contributed by atoms with Gasteiger partial charge in [0.2, 0.25) is 0 Å². The third-order valence-corrected chi connectivity index (χ3v) is 3.97. The van der Waals surface area contributed by atoms with Crippen molar-refractivity contribution in [3.63, 3.8) is 0 Å². The molecular formula is C19H12BrNO4. The van der Waals surface area contributed by atoms with Gasteiger partial charge in [0.05, 0.1) is 4.92 Å². The Hall–Kier alpha value is -2.99. The minimum atomic E-state index is -0.454. The SMILES string of the molecule is O=C(C=Cc1ccc(-c2cccc([N+](=O)[O-])c2)o1)c1cccc(Br)c1. The largest absolute Gasteiger partial charge is 0.457 e. The van der Waals surface area contributed by atoms with Gasteiger partial charge in [-0.1, -0.05) is 40.2 Å². The standard InChI is InChI=1S/C19H12BrNO4/c20-15-5-1-3-13(11-15)18(22)9-7-17-8-10-19(25-17)14-4-2-6-16(12-14)21(23)24/h1-12H. The molecule has 124 valence electrons. The van der Waals surface area contributed by atoms with Crippen LogP contribution in [0.3, 0.4) is 0 Å². The predicted octanol–water partition coefficient (Wildman–Crippen LogP) is 5.51. The summed E-state index contributed by atoms with van der Waals surface area (Å²) >= 11 is 3.33. The molecular weight excluding hydrogens is 386 g/mol. The van der Waals surface area contributed by atoms with Crippen molar-refractivity contribution in [2.24, 2.45) is 0 Å². The van der Waals surface area contributed by atoms with Crippen LogP contribution in [0.4, 0.5) is 5.69 Å². The summed E-state index contributed by atoms with van der Waals surface area (Å²) in [6.07, 6.45) is 3.00. The van der Waals surface area contributed by atoms with Gasteiger partial charge in [0.15, 0.2) is 5.78 Å². The van der Waals surface area contributed by atoms with Crippen molar-refractivity contribution in [2.75, 3.05) is 0 Å². The molecule has 3 rings (SSSR count). The average molecular weight is 398 g/mol. The highest BCUT2D eigenvalue weighted by Gasteiger charge is 2.10. The van der Waals surface area contributed by atoms with Crippen LogP contribution in [0, 0.1) is 10.1 Å². The summed E-state index contributed by atoms with van der Waals surface area (Å²) in [7, 11) is 0. The molecule has 5 nitrogen and oxygen atoms in total. The van der Waals surface area contributed by atoms with E-state index in [2.05, 4.69) is 15.9 Å². The summed E-state index contributed by atoms with van der Waals surface area (Å²) in [4.78, 5) is 22.5. The molecule has 0 spiro atoms. The number of hydrogen-bond donors (Lipinski definition) is 0. The lowest BCUT2D eigenvalue weighted by molar-refractivity contribution is -0.384. The highest BCUT2D eigenvalue weighted by molar-refractivity contribution is 9.10. The van der Waals surface area contributed by atoms with Gasteiger partial charge in [0.25, 0.3) is 5.69 Å². The minimum absolute atomic E-state index is 0.00387. The molecule has 0 atom stereocenters. The second-order valence-corrected chi connectivity index (χ2v) is 6.13. The van der Waals surface area contributed by atoms with Gasteiger partial charge in [-0.25, -0.2) is 0 Å². The molecule has 0 N–H and O–H groups in total. The van der Waals surface area contributed by atoms with E-state index in [1.165, 1.54) is 18.2 Å². The van der Waals surface area contributed by atoms with Gasteiger partial charge in [-0.15, -0.1) is 0 Å². The summed E-state index contributed by atoms with van der Waals surface area (Å²) in [5, 5.41) is 10.8. The first kappa shape index (κ1) is 16.9. The molecule has 0 saturated heterocycles. The fraction of sp³-hybridized carbons (Fsp3) is 0. The fourth-order valence-corrected chi connectivity index (χ4v) is 2.67. The van der Waals surface area contributed by atoms with Gasteiger partial charge in [-0.2, -0.15) is 0 Å². The maximum absolute atomic E-state index is 12.1. The number of furan rings is 1. The predicted molar refractivity (Wildman–Crippen MR) is 98.3 cm³/mol. The molecule has 1 heterocycles. The molecule has 6 heteroatoms. The van der Waals surface area contributed by atoms with Crippen LogP contribution in [0.2, 0.25) is 0 Å². The maximum Gasteiger partial charge on any atom is 0.270 e. The van der Waals surface area contributed by atoms with Crippen LogP contribution in [-0.4, -0.2) is 10.7 Å². The molecule has 2 aromatic carbocycles. The second-order valence-electron chi connectivity index (χ2n) is 5.22. The Morgan fingerprint density at radius 1 is 1.08 bits per heavy atom. The van der Waals surface area contributed by atoms with Gasteiger partial charge >= 0.3 is 0 Å². The molecule has 3 aromatic rings. The lowest BCUT2D eigenvalue weighted by atomic mass is 10.1. The summed E-state index contributed by atoms with van der Waals surface area (Å²) in [5.74, 6) is 0.845. The van der Waals surface area contributed by atoms with Crippen molar-refractivity contribution < 1.29 is 14.1 Å². The van der Waals surface area contributed by atoms with Crippen molar-refractivity contribution in [3.8, 4) is 11.3 Å². The molecule has 0 aliphatic carbocycles. The van der Waals surface area contributed by atoms with Crippen LogP contribution in [0.1, 0.15) is 16.1 Å². The van der Waals surface area contributed by atoms with Crippen molar-refractivity contribution >= 4 is 33.5 Å². The normalized spacial score (nSPS) is 10.9. The monoisotopic (exact) mass is 397 g/mol. The second kappa shape index (κ2) is 7.27. The zero-order valence-corrected chi connectivity index (χ0v) is 14.5. The number of halogens is 1. The smallest absolute Gasteiger partial charge is 0.270 e. The number of rotatable bonds is 5. The van der Waals surface area contributed by atoms with E-state index in [9.17, 15) is 14.9 Å². The van der Waals surface area contributed by atoms with Crippen LogP contribution < -0.4 is 0 Å². The van der Waals surface area contributed by atoms with E-state index >= 15 is 0 Å². The van der Waals surface area contributed by atoms with Crippen LogP contribution in [0.25, 0.3) is 17.4 Å². The van der Waals surface area contributed by atoms with Crippen LogP contribution >= 0.6 is 15.9 Å². The van der Waals surface area contributed by atoms with Gasteiger partial charge in [-0.05, 0) is 36.4 Å². The number of nitro benzene ring substituents is 1. The van der Waals surface area contributed by atoms with E-state index in [4.69, 9.17) is 4.42 Å². The molecule has 0 aliphatic heterocycles. The molecule has 0 amide bonds. The number of hydrogen-bond acceptors (Lipinski definition) is 4. The number of ketones is 1. The highest BCUT2D eigenvalue weighted by atomic mass is 79.9. The molecule has 0 aliphatic rings. The molecule has 0 unspecified atom stereocenters. The maximum atomic E-state index is 12.1. The third kappa shape index (κ3) is 4.10. The number of benzene rings is 2. The Bertz CT molecular complexity index is 975. The summed E-state index contributed by atoms with van der Waals surface area (Å²) in [6.45, 7) is 0. The Morgan fingerprint density at radius 2 is 1.88 bits per heavy atom. The van der Waals surface area contributed by atoms with E-state index < -0.39 is 4.92 Å². The van der Waals surface area contributed by atoms with Crippen molar-refractivity contribution in [2.45, 2.75) is 0 Å². The zero-order valence-electron chi connectivity index (χ0n) is 12.9. The molecule has 0 bridgehead atoms. The lowest BCUT2D eigenvalue weighted by Crippen LogP contribution is -1.93. The first-order valence-corrected chi connectivity index (χ1v) is 8.15. The number of carbonyl (C=O) groups excluding carboxylic acids is 1. The number of carbonyl (C=O) groups is 1. The Balaban J connectivity index is 1.79. The van der Waals surface area contributed by atoms with Gasteiger partial charge in [0.1, 0.15) is 11.5 Å². The molecule has 1 aromatic heterocycles. The fourth-order valence-electron chi connectivity index (χ4n) is 2.27. The number of nitrogens with zero attached hydrogens (tertiary/aromatic N) is 1. The Morgan fingerprint density at radius 3 is 2.64 bits per heavy atom. The van der Waals surface area contributed by atoms with Crippen molar-refractivity contribution in [1.82, 2.24) is 0 Å². The van der Waals surface area contributed by atoms with Crippen LogP contribution in [0.15, 0.2) is 75.6 Å². The van der Waals surface area contributed by atoms with Gasteiger partial charge < -0.3 is 4.42 Å². The topological polar surface area (TPSA) is 73.3 Å². The van der Waals surface area contributed by atoms with Crippen LogP contribution in [-0.2, 0) is 0 Å². The number of non-ortho nitro benzene ring substituents is 1. The summed E-state index contributed by atoms with van der Waals surface area (Å²) < 4.78 is 6.47. The molecule has 0 radical (unpaired) electrons. The Labute approximate surface area is 151 Å². The van der Waals surface area contributed by atoms with E-state index in [0.29, 0.717) is 22.6 Å². The average Bonchev–Trinajstić information content (AvgIpc) is 3.09. The quantitative estimate of drug-likeness (QED) is 0.246. The molecule has 0 saturated carbocycles. The van der Waals surface area contributed by atoms with E-state index in [-0.39, 0.29) is 11.5 Å². The number of nitro groups is 1. The zero-order chi connectivity index (χ0) is 17.8. The minimum Gasteiger partial charge on any atom is -0.457 e.